The van der Waals surface area contributed by atoms with Gasteiger partial charge in [-0.1, -0.05) is 82.0 Å². The largest absolute Gasteiger partial charge is 0.391 e. The van der Waals surface area contributed by atoms with E-state index in [1.54, 1.807) is 0 Å². The van der Waals surface area contributed by atoms with Crippen molar-refractivity contribution in [1.29, 1.82) is 0 Å². The molecule has 0 spiro atoms. The number of nitrogens with zero attached hydrogens (tertiary/aromatic N) is 3. The maximum Gasteiger partial charge on any atom is 0.300 e. The summed E-state index contributed by atoms with van der Waals surface area (Å²) in [5, 5.41) is 5.38. The summed E-state index contributed by atoms with van der Waals surface area (Å²) in [6.45, 7) is 0. The summed E-state index contributed by atoms with van der Waals surface area (Å²) in [5.41, 5.74) is 11.0. The van der Waals surface area contributed by atoms with E-state index < -0.39 is 0 Å². The van der Waals surface area contributed by atoms with Gasteiger partial charge >= 0.3 is 5.56 Å². The molecule has 26 heavy (non-hydrogen) atoms. The molecule has 0 aliphatic heterocycles. The molecule has 2 aromatic heterocycles. The first-order valence-electron chi connectivity index (χ1n) is 10.1. The molecular weight excluding hydrogens is 346 g/mol. The minimum absolute atomic E-state index is 0.0151. The van der Waals surface area contributed by atoms with E-state index in [1.807, 2.05) is 0 Å². The standard InChI is InChI=1S/C19H31N5OS/c20-16-17(21)22-19-24(18(16)25)23-15(26-19)13-12-14-10-8-6-4-2-1-3-5-7-9-11-14/h14H,1-13,20-21H2. The molecule has 0 radical (unpaired) electrons. The maximum atomic E-state index is 12.1. The fraction of sp³-hybridized carbons (Fsp3) is 0.737. The van der Waals surface area contributed by atoms with Gasteiger partial charge in [-0.2, -0.15) is 14.6 Å². The van der Waals surface area contributed by atoms with E-state index in [4.69, 9.17) is 11.5 Å². The topological polar surface area (TPSA) is 99.3 Å². The molecule has 0 saturated heterocycles. The van der Waals surface area contributed by atoms with Crippen LogP contribution in [0.3, 0.4) is 0 Å². The van der Waals surface area contributed by atoms with E-state index in [9.17, 15) is 4.79 Å². The zero-order valence-electron chi connectivity index (χ0n) is 15.6. The van der Waals surface area contributed by atoms with E-state index >= 15 is 0 Å². The summed E-state index contributed by atoms with van der Waals surface area (Å²) in [4.78, 5) is 16.9. The number of fused-ring (bicyclic) bond motifs is 1. The molecule has 2 aromatic rings. The van der Waals surface area contributed by atoms with Crippen molar-refractivity contribution in [1.82, 2.24) is 14.6 Å². The van der Waals surface area contributed by atoms with Gasteiger partial charge in [0.1, 0.15) is 10.7 Å². The van der Waals surface area contributed by atoms with Crippen LogP contribution in [0, 0.1) is 5.92 Å². The van der Waals surface area contributed by atoms with Gasteiger partial charge in [0.15, 0.2) is 5.82 Å². The third kappa shape index (κ3) is 4.96. The van der Waals surface area contributed by atoms with Gasteiger partial charge < -0.3 is 11.5 Å². The van der Waals surface area contributed by atoms with E-state index in [-0.39, 0.29) is 17.1 Å². The number of rotatable bonds is 3. The third-order valence-corrected chi connectivity index (χ3v) is 6.48. The quantitative estimate of drug-likeness (QED) is 0.836. The summed E-state index contributed by atoms with van der Waals surface area (Å²) < 4.78 is 1.30. The highest BCUT2D eigenvalue weighted by Gasteiger charge is 2.15. The molecule has 144 valence electrons. The Bertz CT molecular complexity index is 757. The van der Waals surface area contributed by atoms with Crippen LogP contribution in [0.15, 0.2) is 4.79 Å². The maximum absolute atomic E-state index is 12.1. The highest BCUT2D eigenvalue weighted by atomic mass is 32.1. The molecule has 1 aliphatic rings. The van der Waals surface area contributed by atoms with Crippen molar-refractivity contribution in [3.63, 3.8) is 0 Å². The van der Waals surface area contributed by atoms with E-state index in [0.717, 1.165) is 23.8 Å². The van der Waals surface area contributed by atoms with Gasteiger partial charge in [-0.15, -0.1) is 0 Å². The van der Waals surface area contributed by atoms with Crippen LogP contribution < -0.4 is 17.0 Å². The fourth-order valence-corrected chi connectivity index (χ4v) is 4.79. The summed E-state index contributed by atoms with van der Waals surface area (Å²) in [6, 6.07) is 0. The Labute approximate surface area is 159 Å². The molecule has 0 amide bonds. The van der Waals surface area contributed by atoms with Crippen molar-refractivity contribution in [2.24, 2.45) is 5.92 Å². The minimum Gasteiger partial charge on any atom is -0.391 e. The number of anilines is 2. The highest BCUT2D eigenvalue weighted by molar-refractivity contribution is 7.16. The van der Waals surface area contributed by atoms with E-state index in [1.165, 1.54) is 86.5 Å². The van der Waals surface area contributed by atoms with Gasteiger partial charge in [-0.25, -0.2) is 0 Å². The van der Waals surface area contributed by atoms with Crippen molar-refractivity contribution >= 4 is 27.8 Å². The predicted molar refractivity (Wildman–Crippen MR) is 109 cm³/mol. The number of nitrogen functional groups attached to an aromatic ring is 2. The third-order valence-electron chi connectivity index (χ3n) is 5.51. The van der Waals surface area contributed by atoms with Gasteiger partial charge in [0.2, 0.25) is 4.96 Å². The Morgan fingerprint density at radius 3 is 2.15 bits per heavy atom. The molecular formula is C19H31N5OS. The van der Waals surface area contributed by atoms with Crippen molar-refractivity contribution < 1.29 is 0 Å². The van der Waals surface area contributed by atoms with Crippen molar-refractivity contribution in [2.45, 2.75) is 83.5 Å². The summed E-state index contributed by atoms with van der Waals surface area (Å²) in [5.74, 6) is 0.866. The van der Waals surface area contributed by atoms with E-state index in [2.05, 4.69) is 10.1 Å². The lowest BCUT2D eigenvalue weighted by Crippen LogP contribution is -2.21. The molecule has 3 rings (SSSR count). The fourth-order valence-electron chi connectivity index (χ4n) is 3.88. The average molecular weight is 378 g/mol. The molecule has 4 N–H and O–H groups in total. The Morgan fingerprint density at radius 1 is 0.962 bits per heavy atom. The second kappa shape index (κ2) is 9.35. The van der Waals surface area contributed by atoms with Crippen LogP contribution in [0.5, 0.6) is 0 Å². The molecule has 1 fully saturated rings. The van der Waals surface area contributed by atoms with Crippen LogP contribution in [0.1, 0.15) is 82.1 Å². The second-order valence-corrected chi connectivity index (χ2v) is 8.61. The van der Waals surface area contributed by atoms with Crippen LogP contribution in [-0.4, -0.2) is 14.6 Å². The van der Waals surface area contributed by atoms with Gasteiger partial charge in [0, 0.05) is 6.42 Å². The zero-order valence-corrected chi connectivity index (χ0v) is 16.4. The Kier molecular flexibility index (Phi) is 6.88. The van der Waals surface area contributed by atoms with Gasteiger partial charge in [0.05, 0.1) is 0 Å². The second-order valence-electron chi connectivity index (χ2n) is 7.57. The minimum atomic E-state index is -0.360. The number of nitrogens with two attached hydrogens (primary N) is 2. The number of aryl methyl sites for hydroxylation is 1. The lowest BCUT2D eigenvalue weighted by atomic mass is 9.90. The van der Waals surface area contributed by atoms with Crippen molar-refractivity contribution in [3.05, 3.63) is 15.4 Å². The summed E-state index contributed by atoms with van der Waals surface area (Å²) in [6.07, 6.45) is 17.1. The van der Waals surface area contributed by atoms with Crippen LogP contribution in [-0.2, 0) is 6.42 Å². The monoisotopic (exact) mass is 377 g/mol. The first-order chi connectivity index (χ1) is 12.6. The summed E-state index contributed by atoms with van der Waals surface area (Å²) in [7, 11) is 0. The molecule has 1 saturated carbocycles. The lowest BCUT2D eigenvalue weighted by molar-refractivity contribution is 0.374. The van der Waals surface area contributed by atoms with Crippen molar-refractivity contribution in [2.75, 3.05) is 11.5 Å². The molecule has 1 aliphatic carbocycles. The van der Waals surface area contributed by atoms with E-state index in [0.29, 0.717) is 4.96 Å². The average Bonchev–Trinajstić information content (AvgIpc) is 3.02. The lowest BCUT2D eigenvalue weighted by Gasteiger charge is -2.17. The molecule has 7 heteroatoms. The highest BCUT2D eigenvalue weighted by Crippen LogP contribution is 2.26. The predicted octanol–water partition coefficient (Wildman–Crippen LogP) is 4.17. The molecule has 0 atom stereocenters. The summed E-state index contributed by atoms with van der Waals surface area (Å²) >= 11 is 1.45. The van der Waals surface area contributed by atoms with Crippen LogP contribution >= 0.6 is 11.3 Å². The molecule has 0 aromatic carbocycles. The number of hydrogen-bond donors (Lipinski definition) is 2. The Balaban J connectivity index is 1.61. The van der Waals surface area contributed by atoms with Gasteiger partial charge in [-0.3, -0.25) is 4.79 Å². The number of aromatic nitrogens is 3. The SMILES string of the molecule is Nc1nc2sc(CCC3CCCCCCCCCCC3)nn2c(=O)c1N. The van der Waals surface area contributed by atoms with Crippen molar-refractivity contribution in [3.8, 4) is 0 Å². The molecule has 2 heterocycles. The van der Waals surface area contributed by atoms with Crippen LogP contribution in [0.2, 0.25) is 0 Å². The molecule has 0 bridgehead atoms. The van der Waals surface area contributed by atoms with Gasteiger partial charge in [0.25, 0.3) is 0 Å². The first-order valence-corrected chi connectivity index (χ1v) is 10.9. The zero-order chi connectivity index (χ0) is 18.4. The Hall–Kier alpha value is -1.63. The number of hydrogen-bond acceptors (Lipinski definition) is 6. The Morgan fingerprint density at radius 2 is 1.54 bits per heavy atom. The normalized spacial score (nSPS) is 18.5. The molecule has 6 nitrogen and oxygen atoms in total. The molecule has 0 unspecified atom stereocenters. The smallest absolute Gasteiger partial charge is 0.300 e. The van der Waals surface area contributed by atoms with Crippen LogP contribution in [0.4, 0.5) is 11.5 Å². The first kappa shape index (κ1) is 19.1. The van der Waals surface area contributed by atoms with Gasteiger partial charge in [-0.05, 0) is 12.3 Å². The van der Waals surface area contributed by atoms with Crippen LogP contribution in [0.25, 0.3) is 4.96 Å².